The largest absolute Gasteiger partial charge is 0.479 e. The van der Waals surface area contributed by atoms with Crippen molar-refractivity contribution in [2.75, 3.05) is 6.54 Å². The summed E-state index contributed by atoms with van der Waals surface area (Å²) in [5, 5.41) is 9.12. The maximum Gasteiger partial charge on any atom is 0.330 e. The summed E-state index contributed by atoms with van der Waals surface area (Å²) in [6.07, 6.45) is 1.81. The van der Waals surface area contributed by atoms with Crippen molar-refractivity contribution in [1.82, 2.24) is 4.90 Å². The van der Waals surface area contributed by atoms with Gasteiger partial charge in [0.05, 0.1) is 6.42 Å². The van der Waals surface area contributed by atoms with Crippen LogP contribution in [0.3, 0.4) is 0 Å². The summed E-state index contributed by atoms with van der Waals surface area (Å²) in [6, 6.07) is 4.74. The van der Waals surface area contributed by atoms with E-state index in [2.05, 4.69) is 0 Å². The fourth-order valence-electron chi connectivity index (χ4n) is 2.16. The lowest BCUT2D eigenvalue weighted by Crippen LogP contribution is -2.42. The van der Waals surface area contributed by atoms with Gasteiger partial charge in [0.2, 0.25) is 5.91 Å². The van der Waals surface area contributed by atoms with Crippen molar-refractivity contribution in [3.8, 4) is 0 Å². The van der Waals surface area contributed by atoms with E-state index in [0.29, 0.717) is 17.7 Å². The Balaban J connectivity index is 2.08. The molecule has 1 unspecified atom stereocenters. The average Bonchev–Trinajstić information content (AvgIpc) is 2.74. The molecule has 1 heterocycles. The van der Waals surface area contributed by atoms with E-state index in [4.69, 9.17) is 5.11 Å². The predicted octanol–water partition coefficient (Wildman–Crippen LogP) is 1.61. The maximum atomic E-state index is 12.8. The third kappa shape index (κ3) is 2.81. The molecule has 1 amide bonds. The molecule has 1 aliphatic heterocycles. The Hall–Kier alpha value is -2.17. The van der Waals surface area contributed by atoms with E-state index in [1.165, 1.54) is 29.2 Å². The molecule has 1 aromatic rings. The Kier molecular flexibility index (Phi) is 3.64. The zero-order chi connectivity index (χ0) is 14.0. The molecule has 1 aromatic carbocycles. The molecule has 1 N–H and O–H groups in total. The van der Waals surface area contributed by atoms with E-state index in [1.54, 1.807) is 13.0 Å². The second-order valence-corrected chi connectivity index (χ2v) is 4.54. The number of carbonyl (C=O) groups is 2. The third-order valence-electron chi connectivity index (χ3n) is 3.18. The molecule has 5 heteroatoms. The summed E-state index contributed by atoms with van der Waals surface area (Å²) in [7, 11) is 0. The highest BCUT2D eigenvalue weighted by atomic mass is 19.1. The fraction of sp³-hybridized carbons (Fsp3) is 0.286. The number of carboxylic acid groups (broad SMARTS) is 1. The Morgan fingerprint density at radius 3 is 2.58 bits per heavy atom. The Morgan fingerprint density at radius 1 is 1.37 bits per heavy atom. The number of carbonyl (C=O) groups excluding carboxylic acids is 1. The molecular weight excluding hydrogens is 249 g/mol. The molecule has 0 saturated carbocycles. The van der Waals surface area contributed by atoms with Gasteiger partial charge in [-0.3, -0.25) is 4.79 Å². The topological polar surface area (TPSA) is 57.6 Å². The zero-order valence-corrected chi connectivity index (χ0v) is 10.5. The van der Waals surface area contributed by atoms with Crippen LogP contribution in [0.5, 0.6) is 0 Å². The number of rotatable bonds is 3. The molecule has 0 aliphatic carbocycles. The van der Waals surface area contributed by atoms with E-state index >= 15 is 0 Å². The van der Waals surface area contributed by atoms with E-state index < -0.39 is 12.0 Å². The molecule has 0 spiro atoms. The summed E-state index contributed by atoms with van der Waals surface area (Å²) in [5.74, 6) is -1.66. The van der Waals surface area contributed by atoms with Crippen LogP contribution in [-0.4, -0.2) is 34.5 Å². The van der Waals surface area contributed by atoms with Crippen LogP contribution in [0.25, 0.3) is 0 Å². The maximum absolute atomic E-state index is 12.8. The van der Waals surface area contributed by atoms with Gasteiger partial charge >= 0.3 is 5.97 Å². The molecule has 1 atom stereocenters. The number of nitrogens with zero attached hydrogens (tertiary/aromatic N) is 1. The first-order chi connectivity index (χ1) is 8.99. The highest BCUT2D eigenvalue weighted by molar-refractivity contribution is 5.88. The number of hydrogen-bond acceptors (Lipinski definition) is 2. The van der Waals surface area contributed by atoms with Gasteiger partial charge < -0.3 is 10.0 Å². The van der Waals surface area contributed by atoms with Gasteiger partial charge in [0.1, 0.15) is 5.82 Å². The molecule has 0 bridgehead atoms. The number of halogens is 1. The lowest BCUT2D eigenvalue weighted by Gasteiger charge is -2.23. The summed E-state index contributed by atoms with van der Waals surface area (Å²) in [5.41, 5.74) is 1.33. The van der Waals surface area contributed by atoms with Gasteiger partial charge in [0.25, 0.3) is 0 Å². The third-order valence-corrected chi connectivity index (χ3v) is 3.18. The predicted molar refractivity (Wildman–Crippen MR) is 67.0 cm³/mol. The molecule has 0 radical (unpaired) electrons. The van der Waals surface area contributed by atoms with E-state index in [-0.39, 0.29) is 18.1 Å². The normalized spacial score (nSPS) is 18.3. The standard InChI is InChI=1S/C14H14FNO3/c1-9-6-7-16(13(9)14(18)19)12(17)8-10-2-4-11(15)5-3-10/h2-6,13H,7-8H2,1H3,(H,18,19). The minimum absolute atomic E-state index is 0.0746. The lowest BCUT2D eigenvalue weighted by molar-refractivity contribution is -0.147. The van der Waals surface area contributed by atoms with Crippen molar-refractivity contribution >= 4 is 11.9 Å². The SMILES string of the molecule is CC1=CCN(C(=O)Cc2ccc(F)cc2)C1C(=O)O. The van der Waals surface area contributed by atoms with Gasteiger partial charge in [0.15, 0.2) is 6.04 Å². The monoisotopic (exact) mass is 263 g/mol. The zero-order valence-electron chi connectivity index (χ0n) is 10.5. The Labute approximate surface area is 110 Å². The molecule has 0 saturated heterocycles. The highest BCUT2D eigenvalue weighted by Gasteiger charge is 2.34. The lowest BCUT2D eigenvalue weighted by atomic mass is 10.1. The summed E-state index contributed by atoms with van der Waals surface area (Å²) >= 11 is 0. The molecule has 2 rings (SSSR count). The molecular formula is C14H14FNO3. The van der Waals surface area contributed by atoms with Gasteiger partial charge in [0, 0.05) is 6.54 Å². The first-order valence-corrected chi connectivity index (χ1v) is 5.92. The van der Waals surface area contributed by atoms with Crippen molar-refractivity contribution in [1.29, 1.82) is 0 Å². The van der Waals surface area contributed by atoms with Crippen molar-refractivity contribution in [2.24, 2.45) is 0 Å². The van der Waals surface area contributed by atoms with Crippen LogP contribution in [0.2, 0.25) is 0 Å². The van der Waals surface area contributed by atoms with Gasteiger partial charge in [-0.05, 0) is 30.2 Å². The van der Waals surface area contributed by atoms with Crippen LogP contribution >= 0.6 is 0 Å². The van der Waals surface area contributed by atoms with E-state index in [1.807, 2.05) is 0 Å². The van der Waals surface area contributed by atoms with Crippen molar-refractivity contribution in [3.05, 3.63) is 47.3 Å². The van der Waals surface area contributed by atoms with Crippen LogP contribution in [0.4, 0.5) is 4.39 Å². The van der Waals surface area contributed by atoms with Crippen molar-refractivity contribution < 1.29 is 19.1 Å². The fourth-order valence-corrected chi connectivity index (χ4v) is 2.16. The minimum atomic E-state index is -1.03. The van der Waals surface area contributed by atoms with Gasteiger partial charge in [-0.2, -0.15) is 0 Å². The molecule has 19 heavy (non-hydrogen) atoms. The number of carboxylic acids is 1. The van der Waals surface area contributed by atoms with Crippen LogP contribution in [-0.2, 0) is 16.0 Å². The second-order valence-electron chi connectivity index (χ2n) is 4.54. The highest BCUT2D eigenvalue weighted by Crippen LogP contribution is 2.19. The second kappa shape index (κ2) is 5.22. The van der Waals surface area contributed by atoms with Gasteiger partial charge in [-0.15, -0.1) is 0 Å². The smallest absolute Gasteiger partial charge is 0.330 e. The Morgan fingerprint density at radius 2 is 2.00 bits per heavy atom. The average molecular weight is 263 g/mol. The minimum Gasteiger partial charge on any atom is -0.479 e. The van der Waals surface area contributed by atoms with Gasteiger partial charge in [-0.25, -0.2) is 9.18 Å². The molecule has 0 aromatic heterocycles. The number of benzene rings is 1. The van der Waals surface area contributed by atoms with Crippen LogP contribution < -0.4 is 0 Å². The molecule has 100 valence electrons. The molecule has 0 fully saturated rings. The van der Waals surface area contributed by atoms with Crippen LogP contribution in [0.1, 0.15) is 12.5 Å². The number of hydrogen-bond donors (Lipinski definition) is 1. The number of amides is 1. The van der Waals surface area contributed by atoms with Crippen molar-refractivity contribution in [3.63, 3.8) is 0 Å². The summed E-state index contributed by atoms with van der Waals surface area (Å²) in [4.78, 5) is 24.6. The number of aliphatic carboxylic acids is 1. The van der Waals surface area contributed by atoms with E-state index in [9.17, 15) is 14.0 Å². The van der Waals surface area contributed by atoms with Crippen LogP contribution in [0, 0.1) is 5.82 Å². The quantitative estimate of drug-likeness (QED) is 0.843. The Bertz CT molecular complexity index is 536. The van der Waals surface area contributed by atoms with Crippen molar-refractivity contribution in [2.45, 2.75) is 19.4 Å². The van der Waals surface area contributed by atoms with E-state index in [0.717, 1.165) is 0 Å². The molecule has 1 aliphatic rings. The first-order valence-electron chi connectivity index (χ1n) is 5.92. The molecule has 4 nitrogen and oxygen atoms in total. The first kappa shape index (κ1) is 13.3. The van der Waals surface area contributed by atoms with Crippen LogP contribution in [0.15, 0.2) is 35.9 Å². The summed E-state index contributed by atoms with van der Waals surface area (Å²) < 4.78 is 12.8. The van der Waals surface area contributed by atoms with Gasteiger partial charge in [-0.1, -0.05) is 18.2 Å². The summed E-state index contributed by atoms with van der Waals surface area (Å²) in [6.45, 7) is 2.01.